The van der Waals surface area contributed by atoms with Crippen LogP contribution in [0.5, 0.6) is 0 Å². The third kappa shape index (κ3) is 1.94. The fraction of sp³-hybridized carbons (Fsp3) is 0.417. The molecule has 3 heterocycles. The predicted molar refractivity (Wildman–Crippen MR) is 63.3 cm³/mol. The fourth-order valence-electron chi connectivity index (χ4n) is 2.16. The van der Waals surface area contributed by atoms with E-state index < -0.39 is 0 Å². The largest absolute Gasteiger partial charge is 0.314 e. The normalized spacial score (nSPS) is 18.0. The van der Waals surface area contributed by atoms with Crippen molar-refractivity contribution in [1.29, 1.82) is 0 Å². The molecule has 1 aliphatic heterocycles. The summed E-state index contributed by atoms with van der Waals surface area (Å²) < 4.78 is 2.08. The van der Waals surface area contributed by atoms with Crippen molar-refractivity contribution in [2.24, 2.45) is 0 Å². The van der Waals surface area contributed by atoms with Gasteiger partial charge in [0, 0.05) is 45.1 Å². The first kappa shape index (κ1) is 9.81. The van der Waals surface area contributed by atoms with E-state index in [4.69, 9.17) is 0 Å². The minimum Gasteiger partial charge on any atom is -0.314 e. The topological polar surface area (TPSA) is 32.6 Å². The van der Waals surface area contributed by atoms with Crippen LogP contribution in [0.4, 0.5) is 0 Å². The zero-order chi connectivity index (χ0) is 10.8. The second-order valence-corrected chi connectivity index (χ2v) is 4.22. The maximum atomic E-state index is 4.61. The third-order valence-corrected chi connectivity index (χ3v) is 3.01. The van der Waals surface area contributed by atoms with E-state index in [2.05, 4.69) is 25.8 Å². The molecule has 0 atom stereocenters. The molecule has 0 saturated carbocycles. The predicted octanol–water partition coefficient (Wildman–Crippen LogP) is 0.739. The molecule has 1 aliphatic rings. The van der Waals surface area contributed by atoms with Crippen molar-refractivity contribution in [1.82, 2.24) is 19.6 Å². The highest BCUT2D eigenvalue weighted by molar-refractivity contribution is 5.39. The quantitative estimate of drug-likeness (QED) is 0.803. The summed E-state index contributed by atoms with van der Waals surface area (Å²) in [6.07, 6.45) is 4.17. The van der Waals surface area contributed by atoms with Gasteiger partial charge >= 0.3 is 0 Å². The van der Waals surface area contributed by atoms with Gasteiger partial charge in [0.2, 0.25) is 0 Å². The Hall–Kier alpha value is -1.39. The van der Waals surface area contributed by atoms with Gasteiger partial charge < -0.3 is 9.72 Å². The number of nitrogens with zero attached hydrogens (tertiary/aromatic N) is 3. The first-order valence-corrected chi connectivity index (χ1v) is 5.77. The van der Waals surface area contributed by atoms with Crippen LogP contribution in [0.3, 0.4) is 0 Å². The molecular weight excluding hydrogens is 200 g/mol. The fourth-order valence-corrected chi connectivity index (χ4v) is 2.16. The van der Waals surface area contributed by atoms with E-state index in [1.165, 1.54) is 0 Å². The molecule has 0 unspecified atom stereocenters. The summed E-state index contributed by atoms with van der Waals surface area (Å²) in [5.74, 6) is 0. The summed E-state index contributed by atoms with van der Waals surface area (Å²) in [6.45, 7) is 5.38. The van der Waals surface area contributed by atoms with Gasteiger partial charge in [0.1, 0.15) is 5.65 Å². The standard InChI is InChI=1S/C12H16N4/c1-2-6-16-10-11(14-12(16)3-1)9-15-7-4-13-5-8-15/h1-3,6,10,13H,4-5,7-9H2. The summed E-state index contributed by atoms with van der Waals surface area (Å²) in [4.78, 5) is 7.05. The Morgan fingerprint density at radius 3 is 2.94 bits per heavy atom. The van der Waals surface area contributed by atoms with Gasteiger partial charge in [-0.25, -0.2) is 4.98 Å². The molecule has 4 heteroatoms. The smallest absolute Gasteiger partial charge is 0.137 e. The van der Waals surface area contributed by atoms with Crippen molar-refractivity contribution in [3.63, 3.8) is 0 Å². The molecule has 0 spiro atoms. The molecule has 3 rings (SSSR count). The Bertz CT molecular complexity index is 438. The molecular formula is C12H16N4. The Morgan fingerprint density at radius 1 is 1.25 bits per heavy atom. The zero-order valence-corrected chi connectivity index (χ0v) is 9.26. The molecule has 1 N–H and O–H groups in total. The van der Waals surface area contributed by atoms with Crippen LogP contribution in [0.25, 0.3) is 5.65 Å². The van der Waals surface area contributed by atoms with Gasteiger partial charge in [-0.05, 0) is 12.1 Å². The minimum absolute atomic E-state index is 0.962. The number of rotatable bonds is 2. The first-order chi connectivity index (χ1) is 7.92. The van der Waals surface area contributed by atoms with Crippen molar-refractivity contribution in [3.05, 3.63) is 36.3 Å². The van der Waals surface area contributed by atoms with Gasteiger partial charge in [-0.2, -0.15) is 0 Å². The van der Waals surface area contributed by atoms with Crippen molar-refractivity contribution >= 4 is 5.65 Å². The molecule has 1 saturated heterocycles. The minimum atomic E-state index is 0.962. The van der Waals surface area contributed by atoms with E-state index >= 15 is 0 Å². The van der Waals surface area contributed by atoms with E-state index in [-0.39, 0.29) is 0 Å². The number of pyridine rings is 1. The summed E-state index contributed by atoms with van der Waals surface area (Å²) >= 11 is 0. The monoisotopic (exact) mass is 216 g/mol. The lowest BCUT2D eigenvalue weighted by Crippen LogP contribution is -2.42. The maximum Gasteiger partial charge on any atom is 0.137 e. The van der Waals surface area contributed by atoms with Crippen LogP contribution in [-0.2, 0) is 6.54 Å². The van der Waals surface area contributed by atoms with Crippen molar-refractivity contribution in [2.75, 3.05) is 26.2 Å². The summed E-state index contributed by atoms with van der Waals surface area (Å²) in [6, 6.07) is 6.10. The van der Waals surface area contributed by atoms with E-state index in [1.54, 1.807) is 0 Å². The average molecular weight is 216 g/mol. The zero-order valence-electron chi connectivity index (χ0n) is 9.26. The van der Waals surface area contributed by atoms with Crippen molar-refractivity contribution in [2.45, 2.75) is 6.54 Å². The average Bonchev–Trinajstić information content (AvgIpc) is 2.72. The molecule has 0 radical (unpaired) electrons. The molecule has 1 fully saturated rings. The highest BCUT2D eigenvalue weighted by Gasteiger charge is 2.11. The number of imidazole rings is 1. The maximum absolute atomic E-state index is 4.61. The van der Waals surface area contributed by atoms with Crippen LogP contribution in [0, 0.1) is 0 Å². The first-order valence-electron chi connectivity index (χ1n) is 5.77. The molecule has 2 aromatic rings. The van der Waals surface area contributed by atoms with Gasteiger partial charge in [0.05, 0.1) is 5.69 Å². The Labute approximate surface area is 94.9 Å². The third-order valence-electron chi connectivity index (χ3n) is 3.01. The number of hydrogen-bond acceptors (Lipinski definition) is 3. The van der Waals surface area contributed by atoms with Crippen LogP contribution in [0.2, 0.25) is 0 Å². The molecule has 0 aromatic carbocycles. The molecule has 0 bridgehead atoms. The van der Waals surface area contributed by atoms with Crippen LogP contribution < -0.4 is 5.32 Å². The molecule has 2 aromatic heterocycles. The van der Waals surface area contributed by atoms with Gasteiger partial charge in [-0.3, -0.25) is 4.90 Å². The Kier molecular flexibility index (Phi) is 2.60. The lowest BCUT2D eigenvalue weighted by molar-refractivity contribution is 0.231. The highest BCUT2D eigenvalue weighted by atomic mass is 15.2. The molecule has 84 valence electrons. The van der Waals surface area contributed by atoms with Gasteiger partial charge in [-0.1, -0.05) is 6.07 Å². The second-order valence-electron chi connectivity index (χ2n) is 4.22. The number of piperazine rings is 1. The molecule has 0 aliphatic carbocycles. The SMILES string of the molecule is c1ccn2cc(CN3CCNCC3)nc2c1. The molecule has 16 heavy (non-hydrogen) atoms. The summed E-state index contributed by atoms with van der Waals surface area (Å²) in [5.41, 5.74) is 2.20. The van der Waals surface area contributed by atoms with E-state index in [0.717, 1.165) is 44.1 Å². The van der Waals surface area contributed by atoms with Crippen molar-refractivity contribution < 1.29 is 0 Å². The Morgan fingerprint density at radius 2 is 2.12 bits per heavy atom. The number of hydrogen-bond donors (Lipinski definition) is 1. The number of aromatic nitrogens is 2. The van der Waals surface area contributed by atoms with Gasteiger partial charge in [0.15, 0.2) is 0 Å². The van der Waals surface area contributed by atoms with Crippen LogP contribution in [0.15, 0.2) is 30.6 Å². The highest BCUT2D eigenvalue weighted by Crippen LogP contribution is 2.07. The Balaban J connectivity index is 1.78. The van der Waals surface area contributed by atoms with Crippen LogP contribution in [-0.4, -0.2) is 40.5 Å². The van der Waals surface area contributed by atoms with Gasteiger partial charge in [-0.15, -0.1) is 0 Å². The van der Waals surface area contributed by atoms with E-state index in [9.17, 15) is 0 Å². The number of fused-ring (bicyclic) bond motifs is 1. The van der Waals surface area contributed by atoms with Gasteiger partial charge in [0.25, 0.3) is 0 Å². The second kappa shape index (κ2) is 4.23. The lowest BCUT2D eigenvalue weighted by Gasteiger charge is -2.26. The van der Waals surface area contributed by atoms with Crippen molar-refractivity contribution in [3.8, 4) is 0 Å². The molecule has 4 nitrogen and oxygen atoms in total. The van der Waals surface area contributed by atoms with E-state index in [0.29, 0.717) is 0 Å². The molecule has 0 amide bonds. The van der Waals surface area contributed by atoms with E-state index in [1.807, 2.05) is 24.4 Å². The number of nitrogens with one attached hydrogen (secondary N) is 1. The summed E-state index contributed by atoms with van der Waals surface area (Å²) in [7, 11) is 0. The van der Waals surface area contributed by atoms with Crippen LogP contribution >= 0.6 is 0 Å². The lowest BCUT2D eigenvalue weighted by atomic mass is 10.3. The van der Waals surface area contributed by atoms with Crippen LogP contribution in [0.1, 0.15) is 5.69 Å². The summed E-state index contributed by atoms with van der Waals surface area (Å²) in [5, 5.41) is 3.36.